The minimum absolute atomic E-state index is 0.147. The van der Waals surface area contributed by atoms with E-state index in [0.29, 0.717) is 10.0 Å². The molecule has 4 heteroatoms. The Bertz CT molecular complexity index is 425. The molecule has 18 heavy (non-hydrogen) atoms. The fourth-order valence-electron chi connectivity index (χ4n) is 2.92. The van der Waals surface area contributed by atoms with E-state index in [1.165, 1.54) is 0 Å². The summed E-state index contributed by atoms with van der Waals surface area (Å²) in [5, 5.41) is 10.3. The maximum atomic E-state index is 10.9. The summed E-state index contributed by atoms with van der Waals surface area (Å²) in [6.45, 7) is 0. The lowest BCUT2D eigenvalue weighted by atomic mass is 9.74. The van der Waals surface area contributed by atoms with Gasteiger partial charge in [-0.3, -0.25) is 4.79 Å². The number of carboxylic acid groups (broad SMARTS) is 1. The molecule has 2 rings (SSSR count). The van der Waals surface area contributed by atoms with Gasteiger partial charge < -0.3 is 5.11 Å². The van der Waals surface area contributed by atoms with E-state index in [1.807, 2.05) is 18.2 Å². The smallest absolute Gasteiger partial charge is 0.303 e. The molecule has 1 fully saturated rings. The molecule has 1 aliphatic rings. The van der Waals surface area contributed by atoms with Gasteiger partial charge >= 0.3 is 5.97 Å². The molecule has 0 saturated heterocycles. The van der Waals surface area contributed by atoms with E-state index >= 15 is 0 Å². The third-order valence-electron chi connectivity index (χ3n) is 3.72. The Kier molecular flexibility index (Phi) is 4.52. The van der Waals surface area contributed by atoms with Crippen LogP contribution in [0.5, 0.6) is 0 Å². The van der Waals surface area contributed by atoms with Crippen molar-refractivity contribution in [1.82, 2.24) is 0 Å². The second-order valence-corrected chi connectivity index (χ2v) is 5.70. The highest BCUT2D eigenvalue weighted by atomic mass is 35.5. The Hall–Kier alpha value is -0.730. The maximum absolute atomic E-state index is 10.9. The van der Waals surface area contributed by atoms with Crippen LogP contribution in [0.25, 0.3) is 0 Å². The molecule has 2 unspecified atom stereocenters. The van der Waals surface area contributed by atoms with Crippen molar-refractivity contribution in [1.29, 1.82) is 0 Å². The second kappa shape index (κ2) is 5.94. The fourth-order valence-corrected chi connectivity index (χ4v) is 3.60. The van der Waals surface area contributed by atoms with Gasteiger partial charge in [-0.1, -0.05) is 42.1 Å². The van der Waals surface area contributed by atoms with Crippen LogP contribution in [0.15, 0.2) is 18.2 Å². The van der Waals surface area contributed by atoms with E-state index in [0.717, 1.165) is 31.2 Å². The zero-order chi connectivity index (χ0) is 13.1. The van der Waals surface area contributed by atoms with Gasteiger partial charge in [-0.05, 0) is 42.4 Å². The van der Waals surface area contributed by atoms with Crippen LogP contribution >= 0.6 is 23.2 Å². The molecule has 2 nitrogen and oxygen atoms in total. The first-order chi connectivity index (χ1) is 8.59. The van der Waals surface area contributed by atoms with Gasteiger partial charge in [0.2, 0.25) is 0 Å². The molecule has 0 spiro atoms. The Morgan fingerprint density at radius 3 is 2.44 bits per heavy atom. The standard InChI is InChI=1S/C14H16Cl2O2/c15-11-6-3-7-12(16)14(11)10-5-2-1-4-9(10)8-13(17)18/h3,6-7,9-10H,1-2,4-5,8H2,(H,17,18). The lowest BCUT2D eigenvalue weighted by Gasteiger charge is -2.32. The molecule has 0 heterocycles. The number of hydrogen-bond acceptors (Lipinski definition) is 1. The molecule has 98 valence electrons. The number of carboxylic acids is 1. The molecule has 0 aromatic heterocycles. The minimum atomic E-state index is -0.741. The Morgan fingerprint density at radius 1 is 1.22 bits per heavy atom. The van der Waals surface area contributed by atoms with Gasteiger partial charge in [0.15, 0.2) is 0 Å². The highest BCUT2D eigenvalue weighted by molar-refractivity contribution is 6.36. The lowest BCUT2D eigenvalue weighted by Crippen LogP contribution is -2.21. The summed E-state index contributed by atoms with van der Waals surface area (Å²) < 4.78 is 0. The molecule has 1 aromatic rings. The monoisotopic (exact) mass is 286 g/mol. The zero-order valence-electron chi connectivity index (χ0n) is 10.0. The average molecular weight is 287 g/mol. The quantitative estimate of drug-likeness (QED) is 0.871. The summed E-state index contributed by atoms with van der Waals surface area (Å²) in [4.78, 5) is 10.9. The summed E-state index contributed by atoms with van der Waals surface area (Å²) in [5.74, 6) is -0.417. The Balaban J connectivity index is 2.30. The van der Waals surface area contributed by atoms with E-state index in [2.05, 4.69) is 0 Å². The van der Waals surface area contributed by atoms with Crippen LogP contribution in [0, 0.1) is 5.92 Å². The van der Waals surface area contributed by atoms with Gasteiger partial charge in [0.25, 0.3) is 0 Å². The predicted molar refractivity (Wildman–Crippen MR) is 73.4 cm³/mol. The van der Waals surface area contributed by atoms with Crippen molar-refractivity contribution >= 4 is 29.2 Å². The maximum Gasteiger partial charge on any atom is 0.303 e. The second-order valence-electron chi connectivity index (χ2n) is 4.88. The van der Waals surface area contributed by atoms with E-state index in [9.17, 15) is 4.79 Å². The number of halogens is 2. The molecule has 2 atom stereocenters. The van der Waals surface area contributed by atoms with Crippen molar-refractivity contribution in [2.24, 2.45) is 5.92 Å². The van der Waals surface area contributed by atoms with Crippen LogP contribution in [0.4, 0.5) is 0 Å². The molecule has 1 saturated carbocycles. The van der Waals surface area contributed by atoms with Crippen molar-refractivity contribution in [3.63, 3.8) is 0 Å². The summed E-state index contributed by atoms with van der Waals surface area (Å²) in [6.07, 6.45) is 4.32. The molecule has 0 radical (unpaired) electrons. The zero-order valence-corrected chi connectivity index (χ0v) is 11.5. The van der Waals surface area contributed by atoms with Gasteiger partial charge in [0.1, 0.15) is 0 Å². The highest BCUT2D eigenvalue weighted by Crippen LogP contribution is 2.44. The first-order valence-corrected chi connectivity index (χ1v) is 7.01. The Morgan fingerprint density at radius 2 is 1.83 bits per heavy atom. The number of hydrogen-bond donors (Lipinski definition) is 1. The fraction of sp³-hybridized carbons (Fsp3) is 0.500. The molecule has 1 N–H and O–H groups in total. The first-order valence-electron chi connectivity index (χ1n) is 6.25. The number of rotatable bonds is 3. The summed E-state index contributed by atoms with van der Waals surface area (Å²) in [7, 11) is 0. The summed E-state index contributed by atoms with van der Waals surface area (Å²) >= 11 is 12.5. The van der Waals surface area contributed by atoms with Crippen LogP contribution < -0.4 is 0 Å². The summed E-state index contributed by atoms with van der Waals surface area (Å²) in [5.41, 5.74) is 0.937. The van der Waals surface area contributed by atoms with Gasteiger partial charge in [-0.25, -0.2) is 0 Å². The van der Waals surface area contributed by atoms with Crippen LogP contribution in [0.2, 0.25) is 10.0 Å². The van der Waals surface area contributed by atoms with Crippen LogP contribution in [0.3, 0.4) is 0 Å². The van der Waals surface area contributed by atoms with Gasteiger partial charge in [-0.2, -0.15) is 0 Å². The molecular weight excluding hydrogens is 271 g/mol. The largest absolute Gasteiger partial charge is 0.481 e. The van der Waals surface area contributed by atoms with Gasteiger partial charge in [0, 0.05) is 16.5 Å². The van der Waals surface area contributed by atoms with E-state index in [4.69, 9.17) is 28.3 Å². The predicted octanol–water partition coefficient (Wildman–Crippen LogP) is 4.74. The lowest BCUT2D eigenvalue weighted by molar-refractivity contribution is -0.138. The van der Waals surface area contributed by atoms with Crippen molar-refractivity contribution in [2.75, 3.05) is 0 Å². The van der Waals surface area contributed by atoms with Gasteiger partial charge in [-0.15, -0.1) is 0 Å². The third kappa shape index (κ3) is 2.99. The van der Waals surface area contributed by atoms with Crippen molar-refractivity contribution in [3.05, 3.63) is 33.8 Å². The van der Waals surface area contributed by atoms with E-state index in [1.54, 1.807) is 0 Å². The normalized spacial score (nSPS) is 23.9. The SMILES string of the molecule is O=C(O)CC1CCCCC1c1c(Cl)cccc1Cl. The molecule has 1 aromatic carbocycles. The van der Waals surface area contributed by atoms with Crippen molar-refractivity contribution in [2.45, 2.75) is 38.0 Å². The van der Waals surface area contributed by atoms with Crippen LogP contribution in [-0.2, 0) is 4.79 Å². The van der Waals surface area contributed by atoms with Crippen LogP contribution in [-0.4, -0.2) is 11.1 Å². The Labute approximate surface area is 117 Å². The molecule has 0 bridgehead atoms. The molecule has 0 aliphatic heterocycles. The summed E-state index contributed by atoms with van der Waals surface area (Å²) in [6, 6.07) is 5.48. The third-order valence-corrected chi connectivity index (χ3v) is 4.38. The minimum Gasteiger partial charge on any atom is -0.481 e. The highest BCUT2D eigenvalue weighted by Gasteiger charge is 2.30. The molecule has 0 amide bonds. The molecule has 1 aliphatic carbocycles. The number of carbonyl (C=O) groups is 1. The van der Waals surface area contributed by atoms with Crippen molar-refractivity contribution < 1.29 is 9.90 Å². The first kappa shape index (κ1) is 13.7. The average Bonchev–Trinajstić information content (AvgIpc) is 2.30. The van der Waals surface area contributed by atoms with Gasteiger partial charge in [0.05, 0.1) is 0 Å². The molecular formula is C14H16Cl2O2. The van der Waals surface area contributed by atoms with E-state index < -0.39 is 5.97 Å². The van der Waals surface area contributed by atoms with Crippen LogP contribution in [0.1, 0.15) is 43.6 Å². The number of benzene rings is 1. The van der Waals surface area contributed by atoms with Crippen molar-refractivity contribution in [3.8, 4) is 0 Å². The number of aliphatic carboxylic acids is 1. The topological polar surface area (TPSA) is 37.3 Å². The van der Waals surface area contributed by atoms with E-state index in [-0.39, 0.29) is 18.3 Å².